The van der Waals surface area contributed by atoms with Crippen molar-refractivity contribution in [3.63, 3.8) is 0 Å². The lowest BCUT2D eigenvalue weighted by Gasteiger charge is -2.16. The molecule has 0 radical (unpaired) electrons. The summed E-state index contributed by atoms with van der Waals surface area (Å²) in [7, 11) is 0. The van der Waals surface area contributed by atoms with Crippen molar-refractivity contribution < 1.29 is 19.3 Å². The molecule has 1 saturated heterocycles. The molecule has 4 heteroatoms. The van der Waals surface area contributed by atoms with Crippen molar-refractivity contribution in [2.24, 2.45) is 5.92 Å². The van der Waals surface area contributed by atoms with E-state index >= 15 is 0 Å². The molecule has 2 unspecified atom stereocenters. The van der Waals surface area contributed by atoms with E-state index in [2.05, 4.69) is 0 Å². The summed E-state index contributed by atoms with van der Waals surface area (Å²) in [6.45, 7) is 2.73. The van der Waals surface area contributed by atoms with Gasteiger partial charge in [-0.1, -0.05) is 18.2 Å². The number of aliphatic hydroxyl groups is 1. The predicted octanol–water partition coefficient (Wildman–Crippen LogP) is 1.48. The van der Waals surface area contributed by atoms with E-state index in [0.717, 1.165) is 18.8 Å². The summed E-state index contributed by atoms with van der Waals surface area (Å²) in [6.07, 6.45) is 0.495. The van der Waals surface area contributed by atoms with E-state index in [9.17, 15) is 5.11 Å². The molecule has 18 heavy (non-hydrogen) atoms. The zero-order valence-electron chi connectivity index (χ0n) is 10.5. The van der Waals surface area contributed by atoms with Gasteiger partial charge >= 0.3 is 0 Å². The van der Waals surface area contributed by atoms with Crippen LogP contribution in [0.2, 0.25) is 0 Å². The van der Waals surface area contributed by atoms with Crippen LogP contribution in [0.3, 0.4) is 0 Å². The van der Waals surface area contributed by atoms with Crippen molar-refractivity contribution in [1.29, 1.82) is 0 Å². The van der Waals surface area contributed by atoms with Crippen LogP contribution in [0.15, 0.2) is 30.3 Å². The van der Waals surface area contributed by atoms with Crippen LogP contribution in [-0.4, -0.2) is 44.2 Å². The first-order valence-electron chi connectivity index (χ1n) is 6.37. The summed E-state index contributed by atoms with van der Waals surface area (Å²) in [5.41, 5.74) is 0. The topological polar surface area (TPSA) is 47.9 Å². The fraction of sp³-hybridized carbons (Fsp3) is 0.571. The van der Waals surface area contributed by atoms with Crippen LogP contribution in [0.25, 0.3) is 0 Å². The SMILES string of the molecule is OC(COCCOc1ccccc1)C1CCOC1. The van der Waals surface area contributed by atoms with E-state index in [1.165, 1.54) is 0 Å². The van der Waals surface area contributed by atoms with Crippen molar-refractivity contribution in [1.82, 2.24) is 0 Å². The van der Waals surface area contributed by atoms with Crippen molar-refractivity contribution >= 4 is 0 Å². The van der Waals surface area contributed by atoms with Gasteiger partial charge in [-0.3, -0.25) is 0 Å². The molecule has 1 fully saturated rings. The molecule has 1 aromatic carbocycles. The Morgan fingerprint density at radius 1 is 1.28 bits per heavy atom. The first kappa shape index (κ1) is 13.3. The average molecular weight is 252 g/mol. The van der Waals surface area contributed by atoms with E-state index in [1.54, 1.807) is 0 Å². The Hall–Kier alpha value is -1.10. The molecule has 0 amide bonds. The molecule has 1 aliphatic heterocycles. The molecule has 100 valence electrons. The standard InChI is InChI=1S/C14H20O4/c15-14(12-6-7-16-10-12)11-17-8-9-18-13-4-2-1-3-5-13/h1-5,12,14-15H,6-11H2. The zero-order chi connectivity index (χ0) is 12.6. The van der Waals surface area contributed by atoms with Gasteiger partial charge < -0.3 is 19.3 Å². The molecule has 0 spiro atoms. The van der Waals surface area contributed by atoms with E-state index in [4.69, 9.17) is 14.2 Å². The minimum Gasteiger partial charge on any atom is -0.491 e. The number of ether oxygens (including phenoxy) is 3. The van der Waals surface area contributed by atoms with Gasteiger partial charge in [-0.25, -0.2) is 0 Å². The van der Waals surface area contributed by atoms with Crippen molar-refractivity contribution in [2.75, 3.05) is 33.0 Å². The van der Waals surface area contributed by atoms with E-state index in [-0.39, 0.29) is 5.92 Å². The van der Waals surface area contributed by atoms with Gasteiger partial charge in [0.1, 0.15) is 12.4 Å². The summed E-state index contributed by atoms with van der Waals surface area (Å²) in [5, 5.41) is 9.82. The molecule has 1 heterocycles. The molecule has 2 atom stereocenters. The largest absolute Gasteiger partial charge is 0.491 e. The third kappa shape index (κ3) is 4.29. The van der Waals surface area contributed by atoms with Crippen LogP contribution >= 0.6 is 0 Å². The molecule has 1 N–H and O–H groups in total. The molecule has 1 aromatic rings. The van der Waals surface area contributed by atoms with Gasteiger partial charge in [-0.15, -0.1) is 0 Å². The molecular weight excluding hydrogens is 232 g/mol. The highest BCUT2D eigenvalue weighted by molar-refractivity contribution is 5.20. The van der Waals surface area contributed by atoms with Gasteiger partial charge in [0.15, 0.2) is 0 Å². The highest BCUT2D eigenvalue weighted by Crippen LogP contribution is 2.16. The second-order valence-electron chi connectivity index (χ2n) is 4.43. The first-order valence-corrected chi connectivity index (χ1v) is 6.37. The third-order valence-corrected chi connectivity index (χ3v) is 3.04. The van der Waals surface area contributed by atoms with E-state index in [1.807, 2.05) is 30.3 Å². The van der Waals surface area contributed by atoms with Crippen LogP contribution < -0.4 is 4.74 Å². The summed E-state index contributed by atoms with van der Waals surface area (Å²) in [5.74, 6) is 1.06. The second-order valence-corrected chi connectivity index (χ2v) is 4.43. The zero-order valence-corrected chi connectivity index (χ0v) is 10.5. The number of para-hydroxylation sites is 1. The Labute approximate surface area is 107 Å². The second kappa shape index (κ2) is 7.36. The highest BCUT2D eigenvalue weighted by atomic mass is 16.5. The molecule has 4 nitrogen and oxygen atoms in total. The monoisotopic (exact) mass is 252 g/mol. The number of rotatable bonds is 7. The maximum absolute atomic E-state index is 9.82. The van der Waals surface area contributed by atoms with Crippen molar-refractivity contribution in [3.05, 3.63) is 30.3 Å². The maximum Gasteiger partial charge on any atom is 0.119 e. The Kier molecular flexibility index (Phi) is 5.45. The number of aliphatic hydroxyl groups excluding tert-OH is 1. The lowest BCUT2D eigenvalue weighted by Crippen LogP contribution is -2.27. The minimum absolute atomic E-state index is 0.222. The van der Waals surface area contributed by atoms with Crippen LogP contribution in [0.5, 0.6) is 5.75 Å². The quantitative estimate of drug-likeness (QED) is 0.747. The van der Waals surface area contributed by atoms with Gasteiger partial charge in [-0.05, 0) is 18.6 Å². The Balaban J connectivity index is 1.53. The smallest absolute Gasteiger partial charge is 0.119 e. The minimum atomic E-state index is -0.427. The predicted molar refractivity (Wildman–Crippen MR) is 67.7 cm³/mol. The van der Waals surface area contributed by atoms with Gasteiger partial charge in [0.05, 0.1) is 25.9 Å². The molecule has 1 aliphatic rings. The lowest BCUT2D eigenvalue weighted by atomic mass is 10.0. The van der Waals surface area contributed by atoms with E-state index in [0.29, 0.717) is 26.4 Å². The molecule has 0 bridgehead atoms. The van der Waals surface area contributed by atoms with Gasteiger partial charge in [0, 0.05) is 12.5 Å². The molecular formula is C14H20O4. The number of benzene rings is 1. The van der Waals surface area contributed by atoms with Crippen LogP contribution in [0, 0.1) is 5.92 Å². The Bertz CT molecular complexity index is 322. The fourth-order valence-electron chi connectivity index (χ4n) is 1.93. The highest BCUT2D eigenvalue weighted by Gasteiger charge is 2.23. The molecule has 0 aliphatic carbocycles. The third-order valence-electron chi connectivity index (χ3n) is 3.04. The van der Waals surface area contributed by atoms with Gasteiger partial charge in [0.25, 0.3) is 0 Å². The van der Waals surface area contributed by atoms with Crippen LogP contribution in [0.4, 0.5) is 0 Å². The lowest BCUT2D eigenvalue weighted by molar-refractivity contribution is -0.00534. The molecule has 0 aromatic heterocycles. The first-order chi connectivity index (χ1) is 8.86. The Morgan fingerprint density at radius 2 is 2.11 bits per heavy atom. The van der Waals surface area contributed by atoms with Crippen LogP contribution in [0.1, 0.15) is 6.42 Å². The average Bonchev–Trinajstić information content (AvgIpc) is 2.93. The summed E-state index contributed by atoms with van der Waals surface area (Å²) < 4.78 is 16.1. The van der Waals surface area contributed by atoms with Crippen LogP contribution in [-0.2, 0) is 9.47 Å². The van der Waals surface area contributed by atoms with E-state index < -0.39 is 6.10 Å². The normalized spacial score (nSPS) is 20.8. The summed E-state index contributed by atoms with van der Waals surface area (Å²) >= 11 is 0. The number of hydrogen-bond acceptors (Lipinski definition) is 4. The molecule has 2 rings (SSSR count). The fourth-order valence-corrected chi connectivity index (χ4v) is 1.93. The summed E-state index contributed by atoms with van der Waals surface area (Å²) in [6, 6.07) is 9.62. The number of hydrogen-bond donors (Lipinski definition) is 1. The van der Waals surface area contributed by atoms with Gasteiger partial charge in [-0.2, -0.15) is 0 Å². The van der Waals surface area contributed by atoms with Gasteiger partial charge in [0.2, 0.25) is 0 Å². The Morgan fingerprint density at radius 3 is 2.83 bits per heavy atom. The molecule has 0 saturated carbocycles. The van der Waals surface area contributed by atoms with Crippen molar-refractivity contribution in [3.8, 4) is 5.75 Å². The maximum atomic E-state index is 9.82. The van der Waals surface area contributed by atoms with Crippen molar-refractivity contribution in [2.45, 2.75) is 12.5 Å². The summed E-state index contributed by atoms with van der Waals surface area (Å²) in [4.78, 5) is 0.